The van der Waals surface area contributed by atoms with E-state index in [0.29, 0.717) is 22.4 Å². The molecule has 1 amide bonds. The van der Waals surface area contributed by atoms with E-state index in [2.05, 4.69) is 15.6 Å². The molecule has 2 N–H and O–H groups in total. The van der Waals surface area contributed by atoms with Gasteiger partial charge >= 0.3 is 6.18 Å². The van der Waals surface area contributed by atoms with E-state index in [-0.39, 0.29) is 5.91 Å². The predicted molar refractivity (Wildman–Crippen MR) is 132 cm³/mol. The molecule has 0 spiro atoms. The van der Waals surface area contributed by atoms with E-state index in [0.717, 1.165) is 42.2 Å². The number of carbonyl (C=O) groups excluding carboxylic acids is 1. The largest absolute Gasteiger partial charge is 0.416 e. The van der Waals surface area contributed by atoms with Gasteiger partial charge in [0.05, 0.1) is 5.56 Å². The molecule has 0 aliphatic rings. The van der Waals surface area contributed by atoms with Gasteiger partial charge in [-0.15, -0.1) is 0 Å². The minimum absolute atomic E-state index is 0.341. The monoisotopic (exact) mass is 475 g/mol. The first-order chi connectivity index (χ1) is 16.8. The van der Waals surface area contributed by atoms with Gasteiger partial charge in [-0.1, -0.05) is 36.4 Å². The van der Waals surface area contributed by atoms with Crippen LogP contribution < -0.4 is 10.6 Å². The van der Waals surface area contributed by atoms with E-state index in [4.69, 9.17) is 0 Å². The van der Waals surface area contributed by atoms with Crippen LogP contribution in [-0.2, 0) is 12.6 Å². The van der Waals surface area contributed by atoms with Gasteiger partial charge in [0.2, 0.25) is 0 Å². The molecule has 0 radical (unpaired) electrons. The van der Waals surface area contributed by atoms with Gasteiger partial charge in [0.15, 0.2) is 0 Å². The molecule has 0 saturated carbocycles. The normalized spacial score (nSPS) is 11.2. The fraction of sp³-hybridized carbons (Fsp3) is 0.143. The zero-order valence-electron chi connectivity index (χ0n) is 19.1. The molecule has 178 valence electrons. The number of anilines is 2. The number of benzene rings is 3. The van der Waals surface area contributed by atoms with Gasteiger partial charge in [0, 0.05) is 41.3 Å². The van der Waals surface area contributed by atoms with Crippen molar-refractivity contribution < 1.29 is 18.0 Å². The second-order valence-electron chi connectivity index (χ2n) is 8.10. The Hall–Kier alpha value is -4.13. The molecule has 7 heteroatoms. The van der Waals surface area contributed by atoms with Crippen molar-refractivity contribution in [3.8, 4) is 11.1 Å². The number of halogens is 3. The summed E-state index contributed by atoms with van der Waals surface area (Å²) >= 11 is 0. The minimum atomic E-state index is -4.41. The quantitative estimate of drug-likeness (QED) is 0.303. The molecule has 1 heterocycles. The molecule has 4 nitrogen and oxygen atoms in total. The number of aromatic nitrogens is 1. The average Bonchev–Trinajstić information content (AvgIpc) is 2.85. The number of alkyl halides is 3. The van der Waals surface area contributed by atoms with Crippen LogP contribution in [-0.4, -0.2) is 17.4 Å². The Kier molecular flexibility index (Phi) is 7.15. The van der Waals surface area contributed by atoms with Crippen molar-refractivity contribution in [1.29, 1.82) is 0 Å². The number of hydrogen-bond acceptors (Lipinski definition) is 3. The molecule has 4 aromatic rings. The number of pyridine rings is 1. The Balaban J connectivity index is 1.40. The van der Waals surface area contributed by atoms with Crippen LogP contribution in [0.1, 0.15) is 27.3 Å². The number of hydrogen-bond donors (Lipinski definition) is 2. The Bertz CT molecular complexity index is 1300. The molecule has 1 aromatic heterocycles. The van der Waals surface area contributed by atoms with Crippen molar-refractivity contribution in [3.05, 3.63) is 114 Å². The van der Waals surface area contributed by atoms with Gasteiger partial charge in [-0.25, -0.2) is 0 Å². The van der Waals surface area contributed by atoms with E-state index >= 15 is 0 Å². The second kappa shape index (κ2) is 10.4. The van der Waals surface area contributed by atoms with Crippen molar-refractivity contribution in [1.82, 2.24) is 4.98 Å². The number of aryl methyl sites for hydroxylation is 1. The Morgan fingerprint density at radius 3 is 2.20 bits per heavy atom. The average molecular weight is 476 g/mol. The van der Waals surface area contributed by atoms with Crippen molar-refractivity contribution in [2.45, 2.75) is 19.5 Å². The van der Waals surface area contributed by atoms with Crippen LogP contribution in [0.15, 0.2) is 91.0 Å². The lowest BCUT2D eigenvalue weighted by Crippen LogP contribution is -2.13. The molecule has 3 aromatic carbocycles. The molecule has 0 aliphatic carbocycles. The molecule has 0 unspecified atom stereocenters. The molecule has 0 fully saturated rings. The molecular weight excluding hydrogens is 451 g/mol. The van der Waals surface area contributed by atoms with E-state index in [9.17, 15) is 18.0 Å². The summed E-state index contributed by atoms with van der Waals surface area (Å²) < 4.78 is 38.7. The van der Waals surface area contributed by atoms with Crippen molar-refractivity contribution in [2.24, 2.45) is 0 Å². The maximum absolute atomic E-state index is 13.0. The number of rotatable bonds is 7. The Labute approximate surface area is 201 Å². The first-order valence-corrected chi connectivity index (χ1v) is 11.1. The van der Waals surface area contributed by atoms with Crippen LogP contribution in [0.2, 0.25) is 0 Å². The van der Waals surface area contributed by atoms with Crippen LogP contribution in [0.5, 0.6) is 0 Å². The van der Waals surface area contributed by atoms with Crippen LogP contribution in [0.4, 0.5) is 24.5 Å². The number of amides is 1. The molecule has 0 bridgehead atoms. The summed E-state index contributed by atoms with van der Waals surface area (Å²) in [4.78, 5) is 17.4. The SMILES string of the molecule is Cc1cccc(CCNc2ccc(NC(=O)c3ccccc3-c3ccc(C(F)(F)F)cc3)cc2)n1. The summed E-state index contributed by atoms with van der Waals surface area (Å²) in [5, 5.41) is 6.20. The molecule has 4 rings (SSSR count). The predicted octanol–water partition coefficient (Wildman–Crippen LogP) is 6.98. The van der Waals surface area contributed by atoms with Crippen molar-refractivity contribution in [2.75, 3.05) is 17.2 Å². The van der Waals surface area contributed by atoms with Gasteiger partial charge in [0.1, 0.15) is 0 Å². The van der Waals surface area contributed by atoms with Crippen LogP contribution in [0.3, 0.4) is 0 Å². The van der Waals surface area contributed by atoms with Crippen LogP contribution in [0, 0.1) is 6.92 Å². The third-order valence-corrected chi connectivity index (χ3v) is 5.49. The number of carbonyl (C=O) groups is 1. The van der Waals surface area contributed by atoms with Gasteiger partial charge < -0.3 is 10.6 Å². The zero-order valence-corrected chi connectivity index (χ0v) is 19.1. The summed E-state index contributed by atoms with van der Waals surface area (Å²) in [5.74, 6) is -0.341. The fourth-order valence-corrected chi connectivity index (χ4v) is 3.72. The van der Waals surface area contributed by atoms with Crippen LogP contribution >= 0.6 is 0 Å². The standard InChI is InChI=1S/C28H24F3N3O/c1-19-5-4-6-23(33-19)17-18-32-22-13-15-24(16-14-22)34-27(35)26-8-3-2-7-25(26)20-9-11-21(12-10-20)28(29,30)31/h2-16,32H,17-18H2,1H3,(H,34,35). The summed E-state index contributed by atoms with van der Waals surface area (Å²) in [6.07, 6.45) is -3.62. The minimum Gasteiger partial charge on any atom is -0.385 e. The van der Waals surface area contributed by atoms with E-state index < -0.39 is 11.7 Å². The maximum Gasteiger partial charge on any atom is 0.416 e. The zero-order chi connectivity index (χ0) is 24.8. The Morgan fingerprint density at radius 2 is 1.51 bits per heavy atom. The van der Waals surface area contributed by atoms with Gasteiger partial charge in [-0.05, 0) is 72.6 Å². The third-order valence-electron chi connectivity index (χ3n) is 5.49. The Morgan fingerprint density at radius 1 is 0.829 bits per heavy atom. The van der Waals surface area contributed by atoms with Crippen molar-refractivity contribution >= 4 is 17.3 Å². The highest BCUT2D eigenvalue weighted by molar-refractivity contribution is 6.08. The lowest BCUT2D eigenvalue weighted by Gasteiger charge is -2.12. The highest BCUT2D eigenvalue weighted by atomic mass is 19.4. The maximum atomic E-state index is 13.0. The van der Waals surface area contributed by atoms with E-state index in [1.807, 2.05) is 37.3 Å². The summed E-state index contributed by atoms with van der Waals surface area (Å²) in [6.45, 7) is 2.69. The van der Waals surface area contributed by atoms with Gasteiger partial charge in [-0.2, -0.15) is 13.2 Å². The van der Waals surface area contributed by atoms with Crippen LogP contribution in [0.25, 0.3) is 11.1 Å². The molecule has 0 saturated heterocycles. The lowest BCUT2D eigenvalue weighted by molar-refractivity contribution is -0.137. The van der Waals surface area contributed by atoms with Gasteiger partial charge in [-0.3, -0.25) is 9.78 Å². The third kappa shape index (κ3) is 6.26. The number of nitrogens with one attached hydrogen (secondary N) is 2. The molecular formula is C28H24F3N3O. The lowest BCUT2D eigenvalue weighted by atomic mass is 9.98. The summed E-state index contributed by atoms with van der Waals surface area (Å²) in [5.41, 5.74) is 4.28. The molecule has 0 aliphatic heterocycles. The highest BCUT2D eigenvalue weighted by Gasteiger charge is 2.30. The first kappa shape index (κ1) is 24.0. The van der Waals surface area contributed by atoms with E-state index in [1.54, 1.807) is 36.4 Å². The smallest absolute Gasteiger partial charge is 0.385 e. The summed E-state index contributed by atoms with van der Waals surface area (Å²) in [7, 11) is 0. The first-order valence-electron chi connectivity index (χ1n) is 11.1. The highest BCUT2D eigenvalue weighted by Crippen LogP contribution is 2.32. The fourth-order valence-electron chi connectivity index (χ4n) is 3.72. The topological polar surface area (TPSA) is 54.0 Å². The van der Waals surface area contributed by atoms with E-state index in [1.165, 1.54) is 12.1 Å². The molecule has 35 heavy (non-hydrogen) atoms. The molecule has 0 atom stereocenters. The summed E-state index contributed by atoms with van der Waals surface area (Å²) in [6, 6.07) is 24.9. The second-order valence-corrected chi connectivity index (χ2v) is 8.10. The van der Waals surface area contributed by atoms with Gasteiger partial charge in [0.25, 0.3) is 5.91 Å². The number of nitrogens with zero attached hydrogens (tertiary/aromatic N) is 1. The van der Waals surface area contributed by atoms with Crippen molar-refractivity contribution in [3.63, 3.8) is 0 Å².